The van der Waals surface area contributed by atoms with Gasteiger partial charge in [0.05, 0.1) is 0 Å². The molecule has 0 heterocycles. The van der Waals surface area contributed by atoms with Crippen LogP contribution in [0.3, 0.4) is 0 Å². The summed E-state index contributed by atoms with van der Waals surface area (Å²) < 4.78 is 88.7. The fraction of sp³-hybridized carbons (Fsp3) is 0.667. The minimum absolute atomic E-state index is 1.00. The van der Waals surface area contributed by atoms with E-state index < -0.39 is 32.5 Å². The van der Waals surface area contributed by atoms with Crippen molar-refractivity contribution in [3.05, 3.63) is 11.9 Å². The topological polar surface area (TPSA) is 9.23 Å². The number of hydrogen-bond donors (Lipinski definition) is 0. The maximum absolute atomic E-state index is 12.6. The van der Waals surface area contributed by atoms with Crippen LogP contribution in [0.1, 0.15) is 13.8 Å². The van der Waals surface area contributed by atoms with E-state index in [1.54, 1.807) is 0 Å². The van der Waals surface area contributed by atoms with Crippen LogP contribution in [0.15, 0.2) is 11.9 Å². The third-order valence-corrected chi connectivity index (χ3v) is 2.91. The molecular weight excluding hydrogens is 249 g/mol. The zero-order chi connectivity index (χ0) is 12.4. The van der Waals surface area contributed by atoms with E-state index in [0.717, 1.165) is 13.8 Å². The van der Waals surface area contributed by atoms with Crippen LogP contribution < -0.4 is 0 Å². The second-order valence-electron chi connectivity index (χ2n) is 2.83. The second-order valence-corrected chi connectivity index (χ2v) is 4.73. The molecule has 0 aliphatic heterocycles. The lowest BCUT2D eigenvalue weighted by Gasteiger charge is -2.22. The van der Waals surface area contributed by atoms with Crippen molar-refractivity contribution in [3.63, 3.8) is 0 Å². The molecule has 0 saturated carbocycles. The maximum Gasteiger partial charge on any atom is 0.659 e. The molecule has 90 valence electrons. The van der Waals surface area contributed by atoms with Crippen molar-refractivity contribution in [2.24, 2.45) is 0 Å². The van der Waals surface area contributed by atoms with E-state index in [0.29, 0.717) is 0 Å². The Labute approximate surface area is 82.0 Å². The van der Waals surface area contributed by atoms with Gasteiger partial charge in [-0.25, -0.2) is 8.22 Å². The summed E-state index contributed by atoms with van der Waals surface area (Å²) in [6.45, 7) is 2.01. The van der Waals surface area contributed by atoms with Gasteiger partial charge in [0, 0.05) is 6.10 Å². The van der Waals surface area contributed by atoms with Gasteiger partial charge in [0.25, 0.3) is 0 Å². The first-order valence-corrected chi connectivity index (χ1v) is 5.33. The number of hydrogen-bond acceptors (Lipinski definition) is 1. The molecule has 9 heteroatoms. The lowest BCUT2D eigenvalue weighted by molar-refractivity contribution is 0.00903. The molecule has 15 heavy (non-hydrogen) atoms. The molecule has 0 fully saturated rings. The minimum Gasteiger partial charge on any atom is -0.362 e. The van der Waals surface area contributed by atoms with Crippen molar-refractivity contribution in [1.29, 1.82) is 0 Å². The molecule has 0 radical (unpaired) electrons. The quantitative estimate of drug-likeness (QED) is 0.424. The van der Waals surface area contributed by atoms with Gasteiger partial charge in [-0.1, -0.05) is 0 Å². The van der Waals surface area contributed by atoms with Crippen LogP contribution in [0.5, 0.6) is 0 Å². The van der Waals surface area contributed by atoms with Crippen LogP contribution in [-0.4, -0.2) is 20.6 Å². The highest BCUT2D eigenvalue weighted by molar-refractivity contribution is 6.62. The van der Waals surface area contributed by atoms with Crippen molar-refractivity contribution in [2.75, 3.05) is 0 Å². The molecule has 0 aromatic rings. The monoisotopic (exact) mass is 256 g/mol. The highest BCUT2D eigenvalue weighted by Crippen LogP contribution is 2.40. The normalized spacial score (nSPS) is 13.2. The van der Waals surface area contributed by atoms with Gasteiger partial charge in [-0.15, -0.1) is 0 Å². The predicted octanol–water partition coefficient (Wildman–Crippen LogP) is 3.54. The first-order valence-electron chi connectivity index (χ1n) is 3.67. The third-order valence-electron chi connectivity index (χ3n) is 1.19. The van der Waals surface area contributed by atoms with E-state index >= 15 is 0 Å². The number of alkyl halides is 2. The lowest BCUT2D eigenvalue weighted by atomic mass is 10.5. The van der Waals surface area contributed by atoms with Crippen LogP contribution in [0.4, 0.5) is 30.2 Å². The van der Waals surface area contributed by atoms with Gasteiger partial charge in [-0.05, 0) is 13.8 Å². The molecule has 0 N–H and O–H groups in total. The summed E-state index contributed by atoms with van der Waals surface area (Å²) in [5.74, 6) is -3.43. The van der Waals surface area contributed by atoms with Crippen LogP contribution in [0, 0.1) is 0 Å². The Bertz CT molecular complexity index is 258. The van der Waals surface area contributed by atoms with Crippen LogP contribution in [0.25, 0.3) is 0 Å². The average molecular weight is 256 g/mol. The lowest BCUT2D eigenvalue weighted by Crippen LogP contribution is -2.50. The van der Waals surface area contributed by atoms with Gasteiger partial charge in [0.2, 0.25) is 5.83 Å². The highest BCUT2D eigenvalue weighted by atomic mass is 28.4. The molecule has 0 aliphatic carbocycles. The Morgan fingerprint density at radius 1 is 1.13 bits per heavy atom. The van der Waals surface area contributed by atoms with Crippen molar-refractivity contribution in [1.82, 2.24) is 0 Å². The maximum atomic E-state index is 12.6. The number of allylic oxidation sites excluding steroid dienone is 1. The van der Waals surface area contributed by atoms with Gasteiger partial charge < -0.3 is 4.43 Å². The summed E-state index contributed by atoms with van der Waals surface area (Å²) in [5, 5.41) is 0. The standard InChI is InChI=1S/C6H7F7OSi/c1-3(2)14-15(12,13)6(10,11)4(7)5(8)9/h3H,1-2H3. The Hall–Kier alpha value is -0.573. The summed E-state index contributed by atoms with van der Waals surface area (Å²) in [7, 11) is -6.87. The summed E-state index contributed by atoms with van der Waals surface area (Å²) in [4.78, 5) is 0. The van der Waals surface area contributed by atoms with Gasteiger partial charge >= 0.3 is 20.6 Å². The summed E-state index contributed by atoms with van der Waals surface area (Å²) in [6, 6.07) is 0. The third kappa shape index (κ3) is 3.19. The molecule has 0 atom stereocenters. The van der Waals surface area contributed by atoms with Crippen LogP contribution >= 0.6 is 0 Å². The van der Waals surface area contributed by atoms with E-state index in [-0.39, 0.29) is 0 Å². The second kappa shape index (κ2) is 4.52. The number of rotatable bonds is 4. The van der Waals surface area contributed by atoms with E-state index in [1.807, 2.05) is 0 Å². The molecule has 0 amide bonds. The molecular formula is C6H7F7OSi. The molecule has 0 aliphatic rings. The van der Waals surface area contributed by atoms with Crippen LogP contribution in [0.2, 0.25) is 0 Å². The highest BCUT2D eigenvalue weighted by Gasteiger charge is 2.69. The predicted molar refractivity (Wildman–Crippen MR) is 39.5 cm³/mol. The van der Waals surface area contributed by atoms with E-state index in [2.05, 4.69) is 4.43 Å². The van der Waals surface area contributed by atoms with Crippen molar-refractivity contribution in [2.45, 2.75) is 25.5 Å². The van der Waals surface area contributed by atoms with Crippen LogP contribution in [-0.2, 0) is 4.43 Å². The zero-order valence-corrected chi connectivity index (χ0v) is 8.63. The van der Waals surface area contributed by atoms with E-state index in [4.69, 9.17) is 0 Å². The van der Waals surface area contributed by atoms with Crippen molar-refractivity contribution in [3.8, 4) is 0 Å². The first-order chi connectivity index (χ1) is 6.52. The Morgan fingerprint density at radius 2 is 1.53 bits per heavy atom. The number of halogens is 7. The summed E-state index contributed by atoms with van der Waals surface area (Å²) in [5.41, 5.74) is -5.55. The smallest absolute Gasteiger partial charge is 0.362 e. The fourth-order valence-electron chi connectivity index (χ4n) is 0.616. The Morgan fingerprint density at radius 3 is 1.80 bits per heavy atom. The fourth-order valence-corrected chi connectivity index (χ4v) is 1.71. The van der Waals surface area contributed by atoms with Crippen molar-refractivity contribution < 1.29 is 34.6 Å². The van der Waals surface area contributed by atoms with Crippen molar-refractivity contribution >= 4 is 8.99 Å². The van der Waals surface area contributed by atoms with Gasteiger partial charge in [-0.2, -0.15) is 22.0 Å². The Kier molecular flexibility index (Phi) is 4.34. The minimum atomic E-state index is -6.87. The van der Waals surface area contributed by atoms with Gasteiger partial charge in [-0.3, -0.25) is 0 Å². The van der Waals surface area contributed by atoms with Gasteiger partial charge in [0.15, 0.2) is 0 Å². The summed E-state index contributed by atoms with van der Waals surface area (Å²) in [6.07, 6.45) is -4.78. The molecule has 0 spiro atoms. The average Bonchev–Trinajstić information content (AvgIpc) is 1.99. The SMILES string of the molecule is CC(C)O[Si](F)(F)C(F)(F)C(F)=C(F)F. The molecule has 0 saturated heterocycles. The molecule has 0 rings (SSSR count). The molecule has 0 aromatic carbocycles. The van der Waals surface area contributed by atoms with E-state index in [9.17, 15) is 30.2 Å². The largest absolute Gasteiger partial charge is 0.659 e. The van der Waals surface area contributed by atoms with Gasteiger partial charge in [0.1, 0.15) is 0 Å². The summed E-state index contributed by atoms with van der Waals surface area (Å²) >= 11 is 0. The zero-order valence-electron chi connectivity index (χ0n) is 7.63. The molecule has 0 unspecified atom stereocenters. The Balaban J connectivity index is 5.10. The molecule has 1 nitrogen and oxygen atoms in total. The molecule has 0 bridgehead atoms. The molecule has 0 aromatic heterocycles. The first kappa shape index (κ1) is 14.4. The van der Waals surface area contributed by atoms with E-state index in [1.165, 1.54) is 0 Å².